The molecule has 1 aromatic carbocycles. The summed E-state index contributed by atoms with van der Waals surface area (Å²) >= 11 is 1.26. The Morgan fingerprint density at radius 2 is 2.00 bits per heavy atom. The van der Waals surface area contributed by atoms with E-state index in [2.05, 4.69) is 5.32 Å². The molecule has 10 heteroatoms. The van der Waals surface area contributed by atoms with Gasteiger partial charge in [-0.25, -0.2) is 9.59 Å². The third-order valence-electron chi connectivity index (χ3n) is 4.35. The van der Waals surface area contributed by atoms with Crippen molar-refractivity contribution in [2.24, 2.45) is 0 Å². The molecule has 2 amide bonds. The molecule has 28 heavy (non-hydrogen) atoms. The smallest absolute Gasteiger partial charge is 0.352 e. The van der Waals surface area contributed by atoms with Crippen molar-refractivity contribution >= 4 is 41.2 Å². The summed E-state index contributed by atoms with van der Waals surface area (Å²) in [7, 11) is 0. The van der Waals surface area contributed by atoms with Gasteiger partial charge in [-0.2, -0.15) is 0 Å². The second-order valence-electron chi connectivity index (χ2n) is 6.18. The van der Waals surface area contributed by atoms with Crippen LogP contribution < -0.4 is 11.1 Å². The molecular weight excluding hydrogens is 386 g/mol. The van der Waals surface area contributed by atoms with Gasteiger partial charge in [-0.05, 0) is 23.3 Å². The lowest BCUT2D eigenvalue weighted by Gasteiger charge is -2.49. The lowest BCUT2D eigenvalue weighted by Crippen LogP contribution is -2.70. The number of carboxylic acid groups (broad SMARTS) is 2. The van der Waals surface area contributed by atoms with Gasteiger partial charge in [0.2, 0.25) is 5.91 Å². The first-order chi connectivity index (χ1) is 13.3. The topological polar surface area (TPSA) is 150 Å². The van der Waals surface area contributed by atoms with Crippen LogP contribution in [0.3, 0.4) is 0 Å². The van der Waals surface area contributed by atoms with Gasteiger partial charge in [0.1, 0.15) is 17.1 Å². The van der Waals surface area contributed by atoms with E-state index in [1.807, 2.05) is 0 Å². The van der Waals surface area contributed by atoms with Crippen LogP contribution in [0.1, 0.15) is 5.56 Å². The number of nitrogens with zero attached hydrogens (tertiary/aromatic N) is 1. The molecule has 146 valence electrons. The average molecular weight is 403 g/mol. The van der Waals surface area contributed by atoms with Crippen molar-refractivity contribution in [2.45, 2.75) is 17.8 Å². The number of thioether (sulfide) groups is 1. The van der Waals surface area contributed by atoms with Crippen molar-refractivity contribution in [1.29, 1.82) is 0 Å². The molecular formula is C18H17N3O6S. The molecule has 0 unspecified atom stereocenters. The first-order valence-corrected chi connectivity index (χ1v) is 9.29. The lowest BCUT2D eigenvalue weighted by atomic mass is 10.0. The predicted molar refractivity (Wildman–Crippen MR) is 101 cm³/mol. The van der Waals surface area contributed by atoms with Gasteiger partial charge in [0.25, 0.3) is 5.91 Å². The van der Waals surface area contributed by atoms with E-state index in [1.54, 1.807) is 24.3 Å². The normalized spacial score (nSPS) is 21.3. The highest BCUT2D eigenvalue weighted by molar-refractivity contribution is 8.00. The molecule has 2 aliphatic rings. The summed E-state index contributed by atoms with van der Waals surface area (Å²) in [5, 5.41) is 20.3. The van der Waals surface area contributed by atoms with Gasteiger partial charge >= 0.3 is 11.9 Å². The molecule has 0 spiro atoms. The van der Waals surface area contributed by atoms with E-state index in [0.29, 0.717) is 11.3 Å². The first kappa shape index (κ1) is 19.5. The van der Waals surface area contributed by atoms with Crippen molar-refractivity contribution in [3.8, 4) is 0 Å². The fourth-order valence-electron chi connectivity index (χ4n) is 3.04. The van der Waals surface area contributed by atoms with Crippen LogP contribution in [0.2, 0.25) is 0 Å². The fourth-order valence-corrected chi connectivity index (χ4v) is 4.35. The minimum Gasteiger partial charge on any atom is -0.478 e. The van der Waals surface area contributed by atoms with E-state index in [4.69, 9.17) is 10.8 Å². The number of nitrogens with two attached hydrogens (primary N) is 1. The van der Waals surface area contributed by atoms with E-state index in [-0.39, 0.29) is 23.4 Å². The molecule has 0 aromatic heterocycles. The van der Waals surface area contributed by atoms with E-state index >= 15 is 0 Å². The van der Waals surface area contributed by atoms with E-state index in [0.717, 1.165) is 11.0 Å². The molecule has 0 saturated carbocycles. The summed E-state index contributed by atoms with van der Waals surface area (Å²) in [6.07, 6.45) is 2.00. The molecule has 2 atom stereocenters. The number of para-hydroxylation sites is 1. The summed E-state index contributed by atoms with van der Waals surface area (Å²) in [5.41, 5.74) is 6.89. The Labute approximate surface area is 163 Å². The maximum atomic E-state index is 12.5. The Morgan fingerprint density at radius 1 is 1.29 bits per heavy atom. The number of β-lactam (4-membered cyclic amide) rings is 1. The van der Waals surface area contributed by atoms with Crippen LogP contribution in [0, 0.1) is 0 Å². The number of benzene rings is 1. The number of fused-ring (bicyclic) bond motifs is 1. The summed E-state index contributed by atoms with van der Waals surface area (Å²) in [6, 6.07) is 6.04. The summed E-state index contributed by atoms with van der Waals surface area (Å²) in [5.74, 6) is -3.29. The average Bonchev–Trinajstić information content (AvgIpc) is 2.65. The summed E-state index contributed by atoms with van der Waals surface area (Å²) in [4.78, 5) is 48.2. The highest BCUT2D eigenvalue weighted by Crippen LogP contribution is 2.40. The number of rotatable bonds is 6. The number of carbonyl (C=O) groups excluding carboxylic acids is 2. The predicted octanol–water partition coefficient (Wildman–Crippen LogP) is 0.191. The van der Waals surface area contributed by atoms with Gasteiger partial charge in [0.15, 0.2) is 0 Å². The standard InChI is InChI=1S/C18H17N3O6S/c19-11-4-2-1-3-9(11)7-12(22)20-14-16(25)21-15(18(26)27)10(5-6-13(23)24)8-28-17(14)21/h1-6,14,17H,7-8,19H2,(H,20,22)(H,23,24)(H,26,27)/t14-,17+/m1/s1. The number of aliphatic carboxylic acids is 2. The SMILES string of the molecule is Nc1ccccc1CC(=O)N[C@@H]1C(=O)N2C(C(=O)O)=C(C=CC(=O)O)CS[C@@H]12. The fraction of sp³-hybridized carbons (Fsp3) is 0.222. The van der Waals surface area contributed by atoms with Gasteiger partial charge in [0.05, 0.1) is 6.42 Å². The van der Waals surface area contributed by atoms with Crippen molar-refractivity contribution in [1.82, 2.24) is 10.2 Å². The van der Waals surface area contributed by atoms with Crippen molar-refractivity contribution < 1.29 is 29.4 Å². The third-order valence-corrected chi connectivity index (χ3v) is 5.65. The Hall–Kier alpha value is -3.27. The Kier molecular flexibility index (Phi) is 5.41. The van der Waals surface area contributed by atoms with Crippen molar-refractivity contribution in [2.75, 3.05) is 11.5 Å². The molecule has 0 aliphatic carbocycles. The molecule has 1 fully saturated rings. The van der Waals surface area contributed by atoms with Crippen LogP contribution in [-0.4, -0.2) is 56.0 Å². The molecule has 2 aliphatic heterocycles. The Balaban J connectivity index is 1.73. The van der Waals surface area contributed by atoms with Gasteiger partial charge in [-0.15, -0.1) is 11.8 Å². The number of amides is 2. The van der Waals surface area contributed by atoms with Crippen molar-refractivity contribution in [3.05, 3.63) is 53.3 Å². The second-order valence-corrected chi connectivity index (χ2v) is 7.29. The summed E-state index contributed by atoms with van der Waals surface area (Å²) in [6.45, 7) is 0. The van der Waals surface area contributed by atoms with Crippen LogP contribution >= 0.6 is 11.8 Å². The number of anilines is 1. The second kappa shape index (κ2) is 7.77. The third kappa shape index (κ3) is 3.72. The number of carbonyl (C=O) groups is 4. The van der Waals surface area contributed by atoms with E-state index in [1.165, 1.54) is 17.8 Å². The number of nitrogen functional groups attached to an aromatic ring is 1. The van der Waals surface area contributed by atoms with Crippen LogP contribution in [0.5, 0.6) is 0 Å². The highest BCUT2D eigenvalue weighted by atomic mass is 32.2. The molecule has 5 N–H and O–H groups in total. The molecule has 2 heterocycles. The van der Waals surface area contributed by atoms with Gasteiger partial charge < -0.3 is 21.3 Å². The molecule has 1 aromatic rings. The zero-order valence-electron chi connectivity index (χ0n) is 14.5. The van der Waals surface area contributed by atoms with Gasteiger partial charge in [-0.3, -0.25) is 14.5 Å². The van der Waals surface area contributed by atoms with Crippen LogP contribution in [-0.2, 0) is 25.6 Å². The zero-order valence-corrected chi connectivity index (χ0v) is 15.3. The largest absolute Gasteiger partial charge is 0.478 e. The van der Waals surface area contributed by atoms with Crippen molar-refractivity contribution in [3.63, 3.8) is 0 Å². The van der Waals surface area contributed by atoms with Crippen LogP contribution in [0.4, 0.5) is 5.69 Å². The van der Waals surface area contributed by atoms with E-state index in [9.17, 15) is 24.3 Å². The maximum absolute atomic E-state index is 12.5. The molecule has 1 saturated heterocycles. The van der Waals surface area contributed by atoms with Gasteiger partial charge in [-0.1, -0.05) is 18.2 Å². The number of carboxylic acids is 2. The molecule has 0 radical (unpaired) electrons. The Morgan fingerprint density at radius 3 is 2.64 bits per heavy atom. The van der Waals surface area contributed by atoms with Crippen LogP contribution in [0.15, 0.2) is 47.7 Å². The zero-order chi connectivity index (χ0) is 20.4. The number of allylic oxidation sites excluding steroid dienone is 1. The first-order valence-electron chi connectivity index (χ1n) is 8.24. The maximum Gasteiger partial charge on any atom is 0.352 e. The lowest BCUT2D eigenvalue weighted by molar-refractivity contribution is -0.150. The number of nitrogens with one attached hydrogen (secondary N) is 1. The minimum absolute atomic E-state index is 0.00205. The quantitative estimate of drug-likeness (QED) is 0.299. The monoisotopic (exact) mass is 403 g/mol. The molecule has 3 rings (SSSR count). The molecule has 9 nitrogen and oxygen atoms in total. The minimum atomic E-state index is -1.33. The van der Waals surface area contributed by atoms with E-state index < -0.39 is 35.2 Å². The number of hydrogen-bond acceptors (Lipinski definition) is 6. The number of hydrogen-bond donors (Lipinski definition) is 4. The Bertz CT molecular complexity index is 926. The van der Waals surface area contributed by atoms with Crippen LogP contribution in [0.25, 0.3) is 0 Å². The summed E-state index contributed by atoms with van der Waals surface area (Å²) < 4.78 is 0. The highest BCUT2D eigenvalue weighted by Gasteiger charge is 2.53. The van der Waals surface area contributed by atoms with Gasteiger partial charge in [0, 0.05) is 17.5 Å². The molecule has 0 bridgehead atoms.